The van der Waals surface area contributed by atoms with E-state index in [1.807, 2.05) is 12.2 Å². The van der Waals surface area contributed by atoms with E-state index in [1.165, 1.54) is 4.90 Å². The molecule has 0 spiro atoms. The molecule has 3 aliphatic rings. The van der Waals surface area contributed by atoms with Crippen LogP contribution in [0.4, 0.5) is 0 Å². The van der Waals surface area contributed by atoms with Gasteiger partial charge < -0.3 is 9.84 Å². The van der Waals surface area contributed by atoms with Gasteiger partial charge in [0.25, 0.3) is 0 Å². The minimum atomic E-state index is -0.812. The van der Waals surface area contributed by atoms with Gasteiger partial charge in [-0.15, -0.1) is 0 Å². The summed E-state index contributed by atoms with van der Waals surface area (Å²) in [5.41, 5.74) is 0. The number of likely N-dealkylation sites (tertiary alicyclic amines) is 1. The summed E-state index contributed by atoms with van der Waals surface area (Å²) in [5.74, 6) is -1.74. The number of hydrogen-bond donors (Lipinski definition) is 1. The van der Waals surface area contributed by atoms with Crippen molar-refractivity contribution in [2.24, 2.45) is 11.8 Å². The molecule has 20 heavy (non-hydrogen) atoms. The van der Waals surface area contributed by atoms with Crippen molar-refractivity contribution in [2.45, 2.75) is 37.9 Å². The molecule has 4 atom stereocenters. The van der Waals surface area contributed by atoms with E-state index in [0.717, 1.165) is 0 Å². The van der Waals surface area contributed by atoms with Gasteiger partial charge in [0, 0.05) is 13.0 Å². The summed E-state index contributed by atoms with van der Waals surface area (Å²) in [6, 6.07) is 0. The Morgan fingerprint density at radius 3 is 2.25 bits per heavy atom. The number of carbonyl (C=O) groups is 3. The Morgan fingerprint density at radius 1 is 1.10 bits per heavy atom. The van der Waals surface area contributed by atoms with Crippen LogP contribution in [0.25, 0.3) is 0 Å². The second kappa shape index (κ2) is 5.01. The molecule has 6 heteroatoms. The van der Waals surface area contributed by atoms with Gasteiger partial charge in [0.2, 0.25) is 11.8 Å². The van der Waals surface area contributed by atoms with Crippen LogP contribution >= 0.6 is 0 Å². The smallest absolute Gasteiger partial charge is 0.303 e. The number of unbranched alkanes of at least 4 members (excludes halogenated alkanes) is 2. The van der Waals surface area contributed by atoms with Crippen molar-refractivity contribution in [1.29, 1.82) is 0 Å². The average Bonchev–Trinajstić information content (AvgIpc) is 3.06. The standard InChI is InChI=1S/C14H17NO5/c16-10(17)4-2-1-3-7-15-13(18)11-8-5-6-9(20-8)12(11)14(15)19/h5-6,8-9,11-12H,1-4,7H2,(H,16,17)/t8-,9+,11-,12+. The van der Waals surface area contributed by atoms with Crippen LogP contribution < -0.4 is 0 Å². The molecule has 0 aliphatic carbocycles. The van der Waals surface area contributed by atoms with E-state index in [4.69, 9.17) is 9.84 Å². The van der Waals surface area contributed by atoms with Crippen molar-refractivity contribution in [3.8, 4) is 0 Å². The molecule has 1 N–H and O–H groups in total. The molecule has 0 aromatic carbocycles. The topological polar surface area (TPSA) is 83.9 Å². The van der Waals surface area contributed by atoms with Gasteiger partial charge in [0.15, 0.2) is 0 Å². The highest BCUT2D eigenvalue weighted by molar-refractivity contribution is 6.06. The molecule has 2 bridgehead atoms. The third kappa shape index (κ3) is 2.04. The maximum Gasteiger partial charge on any atom is 0.303 e. The fraction of sp³-hybridized carbons (Fsp3) is 0.643. The quantitative estimate of drug-likeness (QED) is 0.436. The molecule has 0 aromatic heterocycles. The first-order valence-corrected chi connectivity index (χ1v) is 7.00. The molecule has 3 rings (SSSR count). The molecule has 0 unspecified atom stereocenters. The van der Waals surface area contributed by atoms with Crippen molar-refractivity contribution in [1.82, 2.24) is 4.90 Å². The minimum Gasteiger partial charge on any atom is -0.481 e. The second-order valence-corrected chi connectivity index (χ2v) is 5.53. The van der Waals surface area contributed by atoms with Crippen LogP contribution in [0.3, 0.4) is 0 Å². The Kier molecular flexibility index (Phi) is 3.33. The van der Waals surface area contributed by atoms with Crippen molar-refractivity contribution < 1.29 is 24.2 Å². The number of hydrogen-bond acceptors (Lipinski definition) is 4. The van der Waals surface area contributed by atoms with Gasteiger partial charge in [0.1, 0.15) is 0 Å². The van der Waals surface area contributed by atoms with Crippen LogP contribution in [-0.2, 0) is 19.1 Å². The van der Waals surface area contributed by atoms with Gasteiger partial charge in [0.05, 0.1) is 24.0 Å². The number of imide groups is 1. The van der Waals surface area contributed by atoms with Crippen LogP contribution in [0.1, 0.15) is 25.7 Å². The Labute approximate surface area is 116 Å². The maximum atomic E-state index is 12.3. The third-order valence-corrected chi connectivity index (χ3v) is 4.27. The van der Waals surface area contributed by atoms with E-state index in [0.29, 0.717) is 25.8 Å². The highest BCUT2D eigenvalue weighted by Crippen LogP contribution is 2.45. The van der Waals surface area contributed by atoms with E-state index >= 15 is 0 Å². The zero-order chi connectivity index (χ0) is 14.3. The predicted octanol–water partition coefficient (Wildman–Crippen LogP) is 0.570. The number of ether oxygens (including phenoxy) is 1. The van der Waals surface area contributed by atoms with Crippen molar-refractivity contribution in [2.75, 3.05) is 6.54 Å². The summed E-state index contributed by atoms with van der Waals surface area (Å²) < 4.78 is 5.55. The summed E-state index contributed by atoms with van der Waals surface area (Å²) in [4.78, 5) is 36.2. The fourth-order valence-corrected chi connectivity index (χ4v) is 3.31. The molecule has 0 aromatic rings. The van der Waals surface area contributed by atoms with Crippen LogP contribution in [0.15, 0.2) is 12.2 Å². The number of carbonyl (C=O) groups excluding carboxylic acids is 2. The van der Waals surface area contributed by atoms with Gasteiger partial charge >= 0.3 is 5.97 Å². The lowest BCUT2D eigenvalue weighted by molar-refractivity contribution is -0.142. The summed E-state index contributed by atoms with van der Waals surface area (Å²) in [7, 11) is 0. The largest absolute Gasteiger partial charge is 0.481 e. The number of nitrogens with zero attached hydrogens (tertiary/aromatic N) is 1. The molecular weight excluding hydrogens is 262 g/mol. The van der Waals surface area contributed by atoms with E-state index < -0.39 is 5.97 Å². The molecule has 3 heterocycles. The zero-order valence-electron chi connectivity index (χ0n) is 11.0. The normalized spacial score (nSPS) is 34.1. The Hall–Kier alpha value is -1.69. The molecule has 0 radical (unpaired) electrons. The Balaban J connectivity index is 1.53. The Morgan fingerprint density at radius 2 is 1.70 bits per heavy atom. The molecule has 108 valence electrons. The summed E-state index contributed by atoms with van der Waals surface area (Å²) in [5, 5.41) is 8.54. The van der Waals surface area contributed by atoms with Gasteiger partial charge in [-0.1, -0.05) is 18.6 Å². The van der Waals surface area contributed by atoms with Gasteiger partial charge in [-0.25, -0.2) is 0 Å². The van der Waals surface area contributed by atoms with E-state index in [1.54, 1.807) is 0 Å². The molecule has 3 aliphatic heterocycles. The summed E-state index contributed by atoms with van der Waals surface area (Å²) >= 11 is 0. The van der Waals surface area contributed by atoms with Crippen LogP contribution in [-0.4, -0.2) is 46.5 Å². The summed E-state index contributed by atoms with van der Waals surface area (Å²) in [6.45, 7) is 0.393. The van der Waals surface area contributed by atoms with E-state index in [-0.39, 0.29) is 42.3 Å². The zero-order valence-corrected chi connectivity index (χ0v) is 11.0. The second-order valence-electron chi connectivity index (χ2n) is 5.53. The number of rotatable bonds is 6. The van der Waals surface area contributed by atoms with E-state index in [2.05, 4.69) is 0 Å². The number of fused-ring (bicyclic) bond motifs is 5. The maximum absolute atomic E-state index is 12.3. The lowest BCUT2D eigenvalue weighted by atomic mass is 9.85. The van der Waals surface area contributed by atoms with Gasteiger partial charge in [-0.3, -0.25) is 19.3 Å². The molecular formula is C14H17NO5. The van der Waals surface area contributed by atoms with Crippen LogP contribution in [0, 0.1) is 11.8 Å². The molecule has 0 saturated carbocycles. The molecule has 2 saturated heterocycles. The molecule has 6 nitrogen and oxygen atoms in total. The number of amides is 2. The van der Waals surface area contributed by atoms with Gasteiger partial charge in [-0.2, -0.15) is 0 Å². The predicted molar refractivity (Wildman–Crippen MR) is 67.6 cm³/mol. The minimum absolute atomic E-state index is 0.130. The first kappa shape index (κ1) is 13.3. The SMILES string of the molecule is O=C(O)CCCCCN1C(=O)[C@@H]2[C@H](C1=O)[C@H]1C=C[C@@H]2O1. The highest BCUT2D eigenvalue weighted by atomic mass is 16.5. The summed E-state index contributed by atoms with van der Waals surface area (Å²) in [6.07, 6.45) is 5.34. The number of carboxylic acids is 1. The number of carboxylic acid groups (broad SMARTS) is 1. The monoisotopic (exact) mass is 279 g/mol. The van der Waals surface area contributed by atoms with Crippen molar-refractivity contribution >= 4 is 17.8 Å². The highest BCUT2D eigenvalue weighted by Gasteiger charge is 2.60. The third-order valence-electron chi connectivity index (χ3n) is 4.27. The Bertz CT molecular complexity index is 456. The fourth-order valence-electron chi connectivity index (χ4n) is 3.31. The molecule has 2 fully saturated rings. The van der Waals surface area contributed by atoms with Crippen molar-refractivity contribution in [3.63, 3.8) is 0 Å². The lowest BCUT2D eigenvalue weighted by Gasteiger charge is -2.17. The lowest BCUT2D eigenvalue weighted by Crippen LogP contribution is -2.35. The van der Waals surface area contributed by atoms with Crippen LogP contribution in [0.2, 0.25) is 0 Å². The first-order chi connectivity index (χ1) is 9.59. The van der Waals surface area contributed by atoms with Crippen molar-refractivity contribution in [3.05, 3.63) is 12.2 Å². The van der Waals surface area contributed by atoms with E-state index in [9.17, 15) is 14.4 Å². The van der Waals surface area contributed by atoms with Gasteiger partial charge in [-0.05, 0) is 12.8 Å². The molecule has 2 amide bonds. The first-order valence-electron chi connectivity index (χ1n) is 7.00. The van der Waals surface area contributed by atoms with Crippen LogP contribution in [0.5, 0.6) is 0 Å². The average molecular weight is 279 g/mol. The number of aliphatic carboxylic acids is 1.